The van der Waals surface area contributed by atoms with Gasteiger partial charge in [-0.1, -0.05) is 19.3 Å². The molecule has 1 aromatic heterocycles. The Hall–Kier alpha value is -2.21. The van der Waals surface area contributed by atoms with Crippen LogP contribution >= 0.6 is 0 Å². The lowest BCUT2D eigenvalue weighted by molar-refractivity contribution is 0.0899. The first kappa shape index (κ1) is 17.6. The highest BCUT2D eigenvalue weighted by molar-refractivity contribution is 5.95. The van der Waals surface area contributed by atoms with E-state index in [0.717, 1.165) is 32.1 Å². The van der Waals surface area contributed by atoms with Gasteiger partial charge in [0, 0.05) is 18.6 Å². The zero-order chi connectivity index (χ0) is 17.8. The Morgan fingerprint density at radius 1 is 1.28 bits per heavy atom. The monoisotopic (exact) mass is 345 g/mol. The quantitative estimate of drug-likeness (QED) is 0.837. The average molecular weight is 345 g/mol. The first-order chi connectivity index (χ1) is 12.1. The number of nitrogens with zero attached hydrogens (tertiary/aromatic N) is 2. The molecule has 0 radical (unpaired) electrons. The molecule has 1 amide bonds. The molecule has 1 fully saturated rings. The number of hydrogen-bond acceptors (Lipinski definition) is 3. The second-order valence-corrected chi connectivity index (χ2v) is 6.69. The number of carbonyl (C=O) groups is 1. The number of hydrogen-bond donors (Lipinski definition) is 2. The molecule has 1 aromatic carbocycles. The van der Waals surface area contributed by atoms with Gasteiger partial charge in [-0.25, -0.2) is 9.07 Å². The largest absolute Gasteiger partial charge is 0.396 e. The van der Waals surface area contributed by atoms with Crippen LogP contribution in [0.1, 0.15) is 48.2 Å². The van der Waals surface area contributed by atoms with Gasteiger partial charge in [-0.3, -0.25) is 4.79 Å². The number of aliphatic hydroxyl groups excluding tert-OH is 1. The van der Waals surface area contributed by atoms with Crippen LogP contribution in [0.2, 0.25) is 0 Å². The molecule has 2 N–H and O–H groups in total. The van der Waals surface area contributed by atoms with Crippen LogP contribution in [0.25, 0.3) is 5.69 Å². The van der Waals surface area contributed by atoms with Crippen LogP contribution in [0.3, 0.4) is 0 Å². The molecule has 3 rings (SSSR count). The number of carbonyl (C=O) groups excluding carboxylic acids is 1. The molecule has 5 nitrogen and oxygen atoms in total. The van der Waals surface area contributed by atoms with Crippen molar-refractivity contribution in [3.05, 3.63) is 47.5 Å². The third-order valence-corrected chi connectivity index (χ3v) is 5.04. The summed E-state index contributed by atoms with van der Waals surface area (Å²) in [6, 6.07) is 5.99. The van der Waals surface area contributed by atoms with E-state index >= 15 is 0 Å². The van der Waals surface area contributed by atoms with Crippen LogP contribution in [-0.4, -0.2) is 33.4 Å². The molecule has 134 valence electrons. The Morgan fingerprint density at radius 2 is 2.00 bits per heavy atom. The average Bonchev–Trinajstić information content (AvgIpc) is 2.85. The van der Waals surface area contributed by atoms with Crippen molar-refractivity contribution in [2.24, 2.45) is 5.92 Å². The molecule has 0 spiro atoms. The number of aliphatic hydroxyl groups is 1. The molecule has 2 unspecified atom stereocenters. The van der Waals surface area contributed by atoms with Gasteiger partial charge in [-0.2, -0.15) is 5.10 Å². The fourth-order valence-electron chi connectivity index (χ4n) is 3.51. The topological polar surface area (TPSA) is 67.2 Å². The highest BCUT2D eigenvalue weighted by Gasteiger charge is 2.26. The zero-order valence-electron chi connectivity index (χ0n) is 14.4. The zero-order valence-corrected chi connectivity index (χ0v) is 14.4. The van der Waals surface area contributed by atoms with Crippen molar-refractivity contribution in [1.29, 1.82) is 0 Å². The van der Waals surface area contributed by atoms with Crippen molar-refractivity contribution in [3.8, 4) is 5.69 Å². The molecule has 2 aromatic rings. The van der Waals surface area contributed by atoms with Crippen molar-refractivity contribution < 1.29 is 14.3 Å². The summed E-state index contributed by atoms with van der Waals surface area (Å²) in [5, 5.41) is 17.0. The summed E-state index contributed by atoms with van der Waals surface area (Å²) in [5.74, 6) is -0.370. The van der Waals surface area contributed by atoms with E-state index in [4.69, 9.17) is 0 Å². The van der Waals surface area contributed by atoms with E-state index in [1.54, 1.807) is 23.0 Å². The van der Waals surface area contributed by atoms with Crippen LogP contribution in [0.4, 0.5) is 4.39 Å². The number of halogens is 1. The minimum Gasteiger partial charge on any atom is -0.396 e. The third-order valence-electron chi connectivity index (χ3n) is 5.04. The molecule has 1 aliphatic rings. The van der Waals surface area contributed by atoms with Crippen molar-refractivity contribution in [1.82, 2.24) is 15.1 Å². The Morgan fingerprint density at radius 3 is 2.72 bits per heavy atom. The van der Waals surface area contributed by atoms with E-state index in [9.17, 15) is 14.3 Å². The van der Waals surface area contributed by atoms with Crippen molar-refractivity contribution >= 4 is 5.91 Å². The number of benzene rings is 1. The highest BCUT2D eigenvalue weighted by Crippen LogP contribution is 2.24. The predicted molar refractivity (Wildman–Crippen MR) is 93.2 cm³/mol. The highest BCUT2D eigenvalue weighted by atomic mass is 19.1. The number of amides is 1. The van der Waals surface area contributed by atoms with E-state index in [-0.39, 0.29) is 30.3 Å². The fraction of sp³-hybridized carbons (Fsp3) is 0.474. The first-order valence-electron chi connectivity index (χ1n) is 8.82. The summed E-state index contributed by atoms with van der Waals surface area (Å²) in [6.45, 7) is 1.92. The van der Waals surface area contributed by atoms with Crippen molar-refractivity contribution in [3.63, 3.8) is 0 Å². The van der Waals surface area contributed by atoms with Crippen LogP contribution in [0.15, 0.2) is 30.5 Å². The second-order valence-electron chi connectivity index (χ2n) is 6.69. The maximum atomic E-state index is 13.1. The summed E-state index contributed by atoms with van der Waals surface area (Å²) in [7, 11) is 0. The van der Waals surface area contributed by atoms with E-state index in [2.05, 4.69) is 10.4 Å². The molecule has 25 heavy (non-hydrogen) atoms. The van der Waals surface area contributed by atoms with E-state index in [1.165, 1.54) is 12.1 Å². The van der Waals surface area contributed by atoms with Gasteiger partial charge >= 0.3 is 0 Å². The van der Waals surface area contributed by atoms with Crippen molar-refractivity contribution in [2.75, 3.05) is 6.61 Å². The molecule has 1 heterocycles. The number of rotatable bonds is 4. The second kappa shape index (κ2) is 7.78. The minimum absolute atomic E-state index is 0.00595. The van der Waals surface area contributed by atoms with Gasteiger partial charge in [0.25, 0.3) is 5.91 Å². The van der Waals surface area contributed by atoms with Gasteiger partial charge in [-0.05, 0) is 44.0 Å². The van der Waals surface area contributed by atoms with Crippen LogP contribution in [-0.2, 0) is 0 Å². The van der Waals surface area contributed by atoms with Crippen molar-refractivity contribution in [2.45, 2.75) is 45.1 Å². The van der Waals surface area contributed by atoms with Crippen LogP contribution in [0, 0.1) is 18.7 Å². The smallest absolute Gasteiger partial charge is 0.254 e. The fourth-order valence-corrected chi connectivity index (χ4v) is 3.51. The molecular formula is C19H24FN3O2. The molecule has 0 saturated heterocycles. The molecular weight excluding hydrogens is 321 g/mol. The van der Waals surface area contributed by atoms with E-state index in [0.29, 0.717) is 16.9 Å². The first-order valence-corrected chi connectivity index (χ1v) is 8.82. The SMILES string of the molecule is Cc1c(C(=O)NC2CCCCCC2CO)cnn1-c1ccc(F)cc1. The van der Waals surface area contributed by atoms with Gasteiger partial charge in [0.2, 0.25) is 0 Å². The lowest BCUT2D eigenvalue weighted by Crippen LogP contribution is -2.41. The lowest BCUT2D eigenvalue weighted by Gasteiger charge is -2.24. The van der Waals surface area contributed by atoms with Gasteiger partial charge in [0.15, 0.2) is 0 Å². The molecule has 0 aliphatic heterocycles. The summed E-state index contributed by atoms with van der Waals surface area (Å²) in [5.41, 5.74) is 1.92. The summed E-state index contributed by atoms with van der Waals surface area (Å²) in [6.07, 6.45) is 6.68. The summed E-state index contributed by atoms with van der Waals surface area (Å²) >= 11 is 0. The Balaban J connectivity index is 1.77. The molecule has 2 atom stereocenters. The third kappa shape index (κ3) is 3.90. The van der Waals surface area contributed by atoms with E-state index in [1.807, 2.05) is 6.92 Å². The number of aromatic nitrogens is 2. The van der Waals surface area contributed by atoms with Gasteiger partial charge in [-0.15, -0.1) is 0 Å². The van der Waals surface area contributed by atoms with Crippen LogP contribution < -0.4 is 5.32 Å². The lowest BCUT2D eigenvalue weighted by atomic mass is 9.95. The Labute approximate surface area is 146 Å². The van der Waals surface area contributed by atoms with Gasteiger partial charge in [0.05, 0.1) is 23.1 Å². The summed E-state index contributed by atoms with van der Waals surface area (Å²) in [4.78, 5) is 12.7. The molecule has 0 bridgehead atoms. The Kier molecular flexibility index (Phi) is 5.48. The van der Waals surface area contributed by atoms with Gasteiger partial charge < -0.3 is 10.4 Å². The summed E-state index contributed by atoms with van der Waals surface area (Å²) < 4.78 is 14.7. The minimum atomic E-state index is -0.310. The molecule has 1 saturated carbocycles. The maximum Gasteiger partial charge on any atom is 0.254 e. The standard InChI is InChI=1S/C19H24FN3O2/c1-13-17(11-21-23(13)16-9-7-15(20)8-10-16)19(25)22-18-6-4-2-3-5-14(18)12-24/h7-11,14,18,24H,2-6,12H2,1H3,(H,22,25). The van der Waals surface area contributed by atoms with Gasteiger partial charge in [0.1, 0.15) is 5.82 Å². The maximum absolute atomic E-state index is 13.1. The van der Waals surface area contributed by atoms with Crippen LogP contribution in [0.5, 0.6) is 0 Å². The number of nitrogens with one attached hydrogen (secondary N) is 1. The molecule has 1 aliphatic carbocycles. The predicted octanol–water partition coefficient (Wildman–Crippen LogP) is 2.99. The normalized spacial score (nSPS) is 20.9. The Bertz CT molecular complexity index is 727. The van der Waals surface area contributed by atoms with E-state index < -0.39 is 0 Å². The molecule has 6 heteroatoms.